The molecule has 8 nitrogen and oxygen atoms in total. The van der Waals surface area contributed by atoms with Gasteiger partial charge in [0.1, 0.15) is 0 Å². The lowest BCUT2D eigenvalue weighted by molar-refractivity contribution is -0.434. The van der Waals surface area contributed by atoms with E-state index in [2.05, 4.69) is 21.5 Å². The second kappa shape index (κ2) is 6.69. The second-order valence-corrected chi connectivity index (χ2v) is 7.31. The highest BCUT2D eigenvalue weighted by Crippen LogP contribution is 2.48. The molecule has 1 spiro atoms. The Morgan fingerprint density at radius 1 is 1.00 bits per heavy atom. The van der Waals surface area contributed by atoms with Crippen LogP contribution in [0, 0.1) is 10.1 Å². The number of alkyl halides is 3. The number of nitrogens with one attached hydrogen (secondary N) is 4. The Bertz CT molecular complexity index is 1330. The average molecular weight is 441 g/mol. The minimum absolute atomic E-state index is 0.147. The van der Waals surface area contributed by atoms with Gasteiger partial charge in [0.2, 0.25) is 5.54 Å². The maximum absolute atomic E-state index is 13.5. The lowest BCUT2D eigenvalue weighted by Gasteiger charge is -2.19. The molecule has 0 aliphatic carbocycles. The fourth-order valence-corrected chi connectivity index (χ4v) is 4.17. The number of anilines is 2. The number of hydrogen-bond donors (Lipinski definition) is 4. The number of nitrogens with zero attached hydrogens (tertiary/aromatic N) is 1. The largest absolute Gasteiger partial charge is 0.418 e. The predicted molar refractivity (Wildman–Crippen MR) is 110 cm³/mol. The summed E-state index contributed by atoms with van der Waals surface area (Å²) in [5.41, 5.74) is 1.11. The zero-order valence-electron chi connectivity index (χ0n) is 16.1. The Balaban J connectivity index is 1.68. The Labute approximate surface area is 178 Å². The Kier molecular flexibility index (Phi) is 4.14. The van der Waals surface area contributed by atoms with Gasteiger partial charge < -0.3 is 10.6 Å². The van der Waals surface area contributed by atoms with Crippen LogP contribution in [0.1, 0.15) is 11.1 Å². The van der Waals surface area contributed by atoms with Crippen LogP contribution in [0.2, 0.25) is 0 Å². The SMILES string of the molecule is O=C1Nc2c(C(F)(F)F)cccc2C12NNC(Nc1cccc3ccccc13)=C2[N+](=O)[O-]. The molecule has 0 aromatic heterocycles. The fraction of sp³-hybridized carbons (Fsp3) is 0.0952. The lowest BCUT2D eigenvalue weighted by atomic mass is 9.88. The number of benzene rings is 3. The van der Waals surface area contributed by atoms with Crippen molar-refractivity contribution >= 4 is 28.1 Å². The maximum atomic E-state index is 13.5. The van der Waals surface area contributed by atoms with E-state index in [0.29, 0.717) is 5.69 Å². The minimum Gasteiger partial charge on any atom is -0.335 e. The van der Waals surface area contributed by atoms with Gasteiger partial charge in [-0.05, 0) is 17.5 Å². The van der Waals surface area contributed by atoms with Crippen molar-refractivity contribution in [2.45, 2.75) is 11.7 Å². The molecule has 1 amide bonds. The molecule has 32 heavy (non-hydrogen) atoms. The van der Waals surface area contributed by atoms with Crippen molar-refractivity contribution in [1.29, 1.82) is 0 Å². The first-order valence-corrected chi connectivity index (χ1v) is 9.43. The van der Waals surface area contributed by atoms with E-state index in [1.165, 1.54) is 6.07 Å². The highest BCUT2D eigenvalue weighted by molar-refractivity contribution is 6.09. The van der Waals surface area contributed by atoms with E-state index in [4.69, 9.17) is 0 Å². The van der Waals surface area contributed by atoms with Crippen LogP contribution < -0.4 is 21.5 Å². The van der Waals surface area contributed by atoms with Crippen molar-refractivity contribution in [3.8, 4) is 0 Å². The number of para-hydroxylation sites is 1. The summed E-state index contributed by atoms with van der Waals surface area (Å²) in [6, 6.07) is 15.8. The van der Waals surface area contributed by atoms with Crippen LogP contribution >= 0.6 is 0 Å². The van der Waals surface area contributed by atoms with Gasteiger partial charge in [-0.3, -0.25) is 20.3 Å². The van der Waals surface area contributed by atoms with Gasteiger partial charge in [0.05, 0.1) is 16.2 Å². The molecule has 11 heteroatoms. The van der Waals surface area contributed by atoms with Crippen LogP contribution in [0.5, 0.6) is 0 Å². The molecular weight excluding hydrogens is 427 g/mol. The minimum atomic E-state index is -4.75. The van der Waals surface area contributed by atoms with Crippen molar-refractivity contribution in [1.82, 2.24) is 10.9 Å². The number of hydrogen-bond acceptors (Lipinski definition) is 6. The number of carbonyl (C=O) groups excluding carboxylic acids is 1. The molecule has 2 heterocycles. The monoisotopic (exact) mass is 441 g/mol. The molecular formula is C21H14F3N5O3. The molecule has 0 saturated heterocycles. The van der Waals surface area contributed by atoms with Crippen molar-refractivity contribution < 1.29 is 22.9 Å². The number of hydrazine groups is 1. The molecule has 2 aliphatic heterocycles. The van der Waals surface area contributed by atoms with Gasteiger partial charge in [0.25, 0.3) is 5.91 Å². The fourth-order valence-electron chi connectivity index (χ4n) is 4.17. The van der Waals surface area contributed by atoms with Gasteiger partial charge in [-0.2, -0.15) is 13.2 Å². The van der Waals surface area contributed by atoms with Gasteiger partial charge in [0, 0.05) is 16.6 Å². The molecule has 4 N–H and O–H groups in total. The number of halogens is 3. The van der Waals surface area contributed by atoms with Crippen LogP contribution in [-0.2, 0) is 16.5 Å². The van der Waals surface area contributed by atoms with Gasteiger partial charge >= 0.3 is 11.9 Å². The molecule has 1 atom stereocenters. The maximum Gasteiger partial charge on any atom is 0.418 e. The Morgan fingerprint density at radius 2 is 1.72 bits per heavy atom. The van der Waals surface area contributed by atoms with Crippen molar-refractivity contribution in [3.05, 3.63) is 93.4 Å². The van der Waals surface area contributed by atoms with E-state index in [1.54, 1.807) is 18.2 Å². The predicted octanol–water partition coefficient (Wildman–Crippen LogP) is 3.67. The van der Waals surface area contributed by atoms with E-state index < -0.39 is 39.5 Å². The second-order valence-electron chi connectivity index (χ2n) is 7.31. The number of fused-ring (bicyclic) bond motifs is 3. The molecule has 0 radical (unpaired) electrons. The van der Waals surface area contributed by atoms with Crippen LogP contribution in [0.25, 0.3) is 10.8 Å². The first kappa shape index (κ1) is 19.8. The van der Waals surface area contributed by atoms with E-state index in [1.807, 2.05) is 24.3 Å². The molecule has 2 aliphatic rings. The van der Waals surface area contributed by atoms with Crippen molar-refractivity contribution in [2.75, 3.05) is 10.6 Å². The molecule has 0 bridgehead atoms. The van der Waals surface area contributed by atoms with Gasteiger partial charge in [-0.1, -0.05) is 48.5 Å². The Hall–Kier alpha value is -4.12. The summed E-state index contributed by atoms with van der Waals surface area (Å²) in [5.74, 6) is -1.13. The third-order valence-electron chi connectivity index (χ3n) is 5.55. The molecule has 0 saturated carbocycles. The molecule has 0 fully saturated rings. The summed E-state index contributed by atoms with van der Waals surface area (Å²) in [6.45, 7) is 0. The summed E-state index contributed by atoms with van der Waals surface area (Å²) < 4.78 is 40.4. The van der Waals surface area contributed by atoms with Gasteiger partial charge in [-0.25, -0.2) is 5.43 Å². The quantitative estimate of drug-likeness (QED) is 0.365. The third-order valence-corrected chi connectivity index (χ3v) is 5.55. The summed E-state index contributed by atoms with van der Waals surface area (Å²) in [6.07, 6.45) is -4.75. The number of rotatable bonds is 3. The van der Waals surface area contributed by atoms with Crippen LogP contribution in [0.3, 0.4) is 0 Å². The normalized spacial score (nSPS) is 19.8. The molecule has 5 rings (SSSR count). The van der Waals surface area contributed by atoms with E-state index >= 15 is 0 Å². The van der Waals surface area contributed by atoms with E-state index in [-0.39, 0.29) is 11.4 Å². The van der Waals surface area contributed by atoms with Crippen LogP contribution in [0.15, 0.2) is 72.2 Å². The first-order chi connectivity index (χ1) is 15.2. The summed E-state index contributed by atoms with van der Waals surface area (Å²) in [5, 5.41) is 18.8. The summed E-state index contributed by atoms with van der Waals surface area (Å²) in [7, 11) is 0. The summed E-state index contributed by atoms with van der Waals surface area (Å²) in [4.78, 5) is 24.2. The summed E-state index contributed by atoms with van der Waals surface area (Å²) >= 11 is 0. The lowest BCUT2D eigenvalue weighted by Crippen LogP contribution is -2.50. The molecule has 3 aromatic rings. The van der Waals surface area contributed by atoms with E-state index in [9.17, 15) is 28.1 Å². The standard InChI is InChI=1S/C21H14F3N5O3/c22-21(23,24)14-9-4-8-13-16(14)26-19(30)20(13)17(29(31)32)18(27-28-20)25-15-10-3-6-11-5-1-2-7-12(11)15/h1-10,25,27-28H,(H,26,30). The zero-order valence-corrected chi connectivity index (χ0v) is 16.1. The van der Waals surface area contributed by atoms with Gasteiger partial charge in [0.15, 0.2) is 5.82 Å². The van der Waals surface area contributed by atoms with Crippen LogP contribution in [-0.4, -0.2) is 10.8 Å². The first-order valence-electron chi connectivity index (χ1n) is 9.43. The number of nitro groups is 1. The molecule has 3 aromatic carbocycles. The van der Waals surface area contributed by atoms with Gasteiger partial charge in [-0.15, -0.1) is 0 Å². The average Bonchev–Trinajstić information content (AvgIpc) is 3.26. The third kappa shape index (κ3) is 2.71. The van der Waals surface area contributed by atoms with E-state index in [0.717, 1.165) is 22.9 Å². The highest BCUT2D eigenvalue weighted by Gasteiger charge is 2.62. The van der Waals surface area contributed by atoms with Crippen molar-refractivity contribution in [2.24, 2.45) is 0 Å². The van der Waals surface area contributed by atoms with Crippen molar-refractivity contribution in [3.63, 3.8) is 0 Å². The molecule has 162 valence electrons. The smallest absolute Gasteiger partial charge is 0.335 e. The van der Waals surface area contributed by atoms with Crippen LogP contribution in [0.4, 0.5) is 24.5 Å². The number of carbonyl (C=O) groups is 1. The Morgan fingerprint density at radius 3 is 2.47 bits per heavy atom. The highest BCUT2D eigenvalue weighted by atomic mass is 19.4. The topological polar surface area (TPSA) is 108 Å². The molecule has 1 unspecified atom stereocenters. The zero-order chi connectivity index (χ0) is 22.7. The number of amides is 1.